The van der Waals surface area contributed by atoms with Crippen molar-refractivity contribution < 1.29 is 9.53 Å². The van der Waals surface area contributed by atoms with Gasteiger partial charge in [-0.25, -0.2) is 0 Å². The summed E-state index contributed by atoms with van der Waals surface area (Å²) in [5, 5.41) is 0. The van der Waals surface area contributed by atoms with Crippen molar-refractivity contribution in [2.24, 2.45) is 0 Å². The van der Waals surface area contributed by atoms with Crippen LogP contribution in [0.5, 0.6) is 5.75 Å². The van der Waals surface area contributed by atoms with Crippen LogP contribution in [0, 0.1) is 13.8 Å². The first kappa shape index (κ1) is 9.78. The molecule has 1 aromatic carbocycles. The lowest BCUT2D eigenvalue weighted by Crippen LogP contribution is -1.97. The zero-order chi connectivity index (χ0) is 9.84. The van der Waals surface area contributed by atoms with Crippen LogP contribution in [-0.4, -0.2) is 6.47 Å². The second kappa shape index (κ2) is 4.08. The number of carbonyl (C=O) groups excluding carboxylic acids is 1. The average molecular weight is 178 g/mol. The van der Waals surface area contributed by atoms with E-state index in [9.17, 15) is 4.79 Å². The molecule has 0 fully saturated rings. The van der Waals surface area contributed by atoms with Crippen molar-refractivity contribution in [1.82, 2.24) is 0 Å². The standard InChI is InChI=1S/C11H14O2/c1-4-10-6-8(2)5-9(3)11(10)13-7-12/h5-7H,4H2,1-3H3. The van der Waals surface area contributed by atoms with Gasteiger partial charge in [-0.05, 0) is 31.4 Å². The Morgan fingerprint density at radius 1 is 1.38 bits per heavy atom. The van der Waals surface area contributed by atoms with Crippen LogP contribution in [0.3, 0.4) is 0 Å². The fraction of sp³-hybridized carbons (Fsp3) is 0.364. The first-order valence-corrected chi connectivity index (χ1v) is 4.39. The van der Waals surface area contributed by atoms with Crippen LogP contribution in [0.1, 0.15) is 23.6 Å². The molecule has 0 amide bonds. The van der Waals surface area contributed by atoms with Crippen LogP contribution < -0.4 is 4.74 Å². The molecule has 1 rings (SSSR count). The molecule has 0 aliphatic heterocycles. The molecule has 0 spiro atoms. The van der Waals surface area contributed by atoms with Crippen LogP contribution in [0.15, 0.2) is 12.1 Å². The minimum Gasteiger partial charge on any atom is -0.428 e. The van der Waals surface area contributed by atoms with Crippen molar-refractivity contribution in [3.8, 4) is 5.75 Å². The summed E-state index contributed by atoms with van der Waals surface area (Å²) in [5.41, 5.74) is 3.31. The van der Waals surface area contributed by atoms with Gasteiger partial charge in [0.25, 0.3) is 6.47 Å². The molecule has 1 aromatic rings. The molecule has 0 aromatic heterocycles. The van der Waals surface area contributed by atoms with Gasteiger partial charge >= 0.3 is 0 Å². The highest BCUT2D eigenvalue weighted by Crippen LogP contribution is 2.25. The molecule has 2 nitrogen and oxygen atoms in total. The first-order chi connectivity index (χ1) is 6.19. The molecule has 0 aliphatic rings. The summed E-state index contributed by atoms with van der Waals surface area (Å²) in [4.78, 5) is 10.3. The average Bonchev–Trinajstić information content (AvgIpc) is 2.09. The number of carbonyl (C=O) groups is 1. The van der Waals surface area contributed by atoms with E-state index in [4.69, 9.17) is 4.74 Å². The van der Waals surface area contributed by atoms with Gasteiger partial charge in [0.15, 0.2) is 0 Å². The van der Waals surface area contributed by atoms with Crippen molar-refractivity contribution in [3.05, 3.63) is 28.8 Å². The topological polar surface area (TPSA) is 26.3 Å². The van der Waals surface area contributed by atoms with Gasteiger partial charge < -0.3 is 4.74 Å². The Labute approximate surface area is 78.5 Å². The lowest BCUT2D eigenvalue weighted by atomic mass is 10.0. The highest BCUT2D eigenvalue weighted by Gasteiger charge is 2.06. The van der Waals surface area contributed by atoms with Crippen LogP contribution in [0.4, 0.5) is 0 Å². The van der Waals surface area contributed by atoms with Crippen molar-refractivity contribution >= 4 is 6.47 Å². The zero-order valence-corrected chi connectivity index (χ0v) is 8.26. The lowest BCUT2D eigenvalue weighted by Gasteiger charge is -2.09. The van der Waals surface area contributed by atoms with Crippen LogP contribution in [0.25, 0.3) is 0 Å². The van der Waals surface area contributed by atoms with Gasteiger partial charge in [-0.15, -0.1) is 0 Å². The Morgan fingerprint density at radius 2 is 2.08 bits per heavy atom. The summed E-state index contributed by atoms with van der Waals surface area (Å²) in [7, 11) is 0. The van der Waals surface area contributed by atoms with Crippen LogP contribution in [0.2, 0.25) is 0 Å². The summed E-state index contributed by atoms with van der Waals surface area (Å²) in [6, 6.07) is 4.06. The maximum atomic E-state index is 10.3. The third-order valence-electron chi connectivity index (χ3n) is 2.04. The van der Waals surface area contributed by atoms with Crippen LogP contribution in [-0.2, 0) is 11.2 Å². The molecule has 0 radical (unpaired) electrons. The number of aryl methyl sites for hydroxylation is 3. The smallest absolute Gasteiger partial charge is 0.298 e. The molecule has 0 N–H and O–H groups in total. The van der Waals surface area contributed by atoms with E-state index in [0.717, 1.165) is 17.5 Å². The lowest BCUT2D eigenvalue weighted by molar-refractivity contribution is -0.120. The maximum absolute atomic E-state index is 10.3. The maximum Gasteiger partial charge on any atom is 0.298 e. The summed E-state index contributed by atoms with van der Waals surface area (Å²) in [6.45, 7) is 6.52. The number of benzene rings is 1. The minimum atomic E-state index is 0.483. The third kappa shape index (κ3) is 2.08. The normalized spacial score (nSPS) is 9.77. The molecule has 0 heterocycles. The van der Waals surface area contributed by atoms with Crippen molar-refractivity contribution in [3.63, 3.8) is 0 Å². The van der Waals surface area contributed by atoms with E-state index in [1.807, 2.05) is 32.9 Å². The summed E-state index contributed by atoms with van der Waals surface area (Å²) < 4.78 is 4.93. The molecule has 0 saturated carbocycles. The monoisotopic (exact) mass is 178 g/mol. The van der Waals surface area contributed by atoms with Crippen molar-refractivity contribution in [2.75, 3.05) is 0 Å². The predicted molar refractivity (Wildman–Crippen MR) is 52.0 cm³/mol. The predicted octanol–water partition coefficient (Wildman–Crippen LogP) is 2.40. The number of ether oxygens (including phenoxy) is 1. The Kier molecular flexibility index (Phi) is 3.07. The second-order valence-electron chi connectivity index (χ2n) is 3.14. The van der Waals surface area contributed by atoms with E-state index in [1.165, 1.54) is 5.56 Å². The van der Waals surface area contributed by atoms with Gasteiger partial charge in [0, 0.05) is 0 Å². The van der Waals surface area contributed by atoms with Crippen molar-refractivity contribution in [2.45, 2.75) is 27.2 Å². The largest absolute Gasteiger partial charge is 0.428 e. The summed E-state index contributed by atoms with van der Waals surface area (Å²) in [5.74, 6) is 0.711. The molecular weight excluding hydrogens is 164 g/mol. The van der Waals surface area contributed by atoms with Gasteiger partial charge in [0.05, 0.1) is 0 Å². The Hall–Kier alpha value is -1.31. The minimum absolute atomic E-state index is 0.483. The second-order valence-corrected chi connectivity index (χ2v) is 3.14. The number of rotatable bonds is 3. The number of hydrogen-bond donors (Lipinski definition) is 0. The highest BCUT2D eigenvalue weighted by molar-refractivity contribution is 5.52. The summed E-state index contributed by atoms with van der Waals surface area (Å²) >= 11 is 0. The molecule has 0 aliphatic carbocycles. The Bertz CT molecular complexity index is 316. The van der Waals surface area contributed by atoms with E-state index >= 15 is 0 Å². The van der Waals surface area contributed by atoms with E-state index in [1.54, 1.807) is 0 Å². The molecule has 70 valence electrons. The highest BCUT2D eigenvalue weighted by atomic mass is 16.5. The molecular formula is C11H14O2. The Morgan fingerprint density at radius 3 is 2.62 bits per heavy atom. The molecule has 13 heavy (non-hydrogen) atoms. The Balaban J connectivity index is 3.20. The molecule has 0 bridgehead atoms. The SMILES string of the molecule is CCc1cc(C)cc(C)c1OC=O. The number of hydrogen-bond acceptors (Lipinski definition) is 2. The van der Waals surface area contributed by atoms with Gasteiger partial charge in [-0.3, -0.25) is 4.79 Å². The van der Waals surface area contributed by atoms with E-state index in [2.05, 4.69) is 0 Å². The van der Waals surface area contributed by atoms with Gasteiger partial charge in [0.2, 0.25) is 0 Å². The molecule has 0 saturated heterocycles. The van der Waals surface area contributed by atoms with E-state index < -0.39 is 0 Å². The zero-order valence-electron chi connectivity index (χ0n) is 8.26. The molecule has 0 atom stereocenters. The van der Waals surface area contributed by atoms with E-state index in [-0.39, 0.29) is 0 Å². The van der Waals surface area contributed by atoms with E-state index in [0.29, 0.717) is 12.2 Å². The van der Waals surface area contributed by atoms with Crippen LogP contribution >= 0.6 is 0 Å². The van der Waals surface area contributed by atoms with Gasteiger partial charge in [0.1, 0.15) is 5.75 Å². The van der Waals surface area contributed by atoms with Crippen molar-refractivity contribution in [1.29, 1.82) is 0 Å². The quantitative estimate of drug-likeness (QED) is 0.664. The third-order valence-corrected chi connectivity index (χ3v) is 2.04. The fourth-order valence-electron chi connectivity index (χ4n) is 1.52. The van der Waals surface area contributed by atoms with Gasteiger partial charge in [-0.1, -0.05) is 24.6 Å². The molecule has 0 unspecified atom stereocenters. The van der Waals surface area contributed by atoms with Gasteiger partial charge in [-0.2, -0.15) is 0 Å². The summed E-state index contributed by atoms with van der Waals surface area (Å²) in [6.07, 6.45) is 0.881. The molecule has 2 heteroatoms. The first-order valence-electron chi connectivity index (χ1n) is 4.39. The fourth-order valence-corrected chi connectivity index (χ4v) is 1.52.